The molecule has 66 valence electrons. The second kappa shape index (κ2) is 4.07. The molecule has 1 fully saturated rings. The number of hydrogen-bond acceptors (Lipinski definition) is 2. The van der Waals surface area contributed by atoms with E-state index < -0.39 is 0 Å². The Kier molecular flexibility index (Phi) is 3.34. The van der Waals surface area contributed by atoms with Gasteiger partial charge in [-0.1, -0.05) is 6.92 Å². The van der Waals surface area contributed by atoms with Crippen LogP contribution in [0, 0.1) is 5.92 Å². The Labute approximate surface area is 69.5 Å². The Bertz CT molecular complexity index is 108. The predicted molar refractivity (Wildman–Crippen MR) is 46.2 cm³/mol. The van der Waals surface area contributed by atoms with Gasteiger partial charge in [-0.25, -0.2) is 0 Å². The lowest BCUT2D eigenvalue weighted by Gasteiger charge is -2.31. The lowest BCUT2D eigenvalue weighted by Crippen LogP contribution is -2.33. The van der Waals surface area contributed by atoms with Crippen LogP contribution in [0.2, 0.25) is 0 Å². The molecule has 0 aliphatic heterocycles. The number of hydroxylamine groups is 2. The van der Waals surface area contributed by atoms with Gasteiger partial charge in [-0.15, -0.1) is 0 Å². The van der Waals surface area contributed by atoms with Gasteiger partial charge in [-0.05, 0) is 31.6 Å². The molecule has 0 atom stereocenters. The van der Waals surface area contributed by atoms with Crippen molar-refractivity contribution in [1.82, 2.24) is 5.06 Å². The van der Waals surface area contributed by atoms with Crippen molar-refractivity contribution in [3.05, 3.63) is 0 Å². The molecule has 1 aliphatic rings. The first-order valence-corrected chi connectivity index (χ1v) is 4.51. The summed E-state index contributed by atoms with van der Waals surface area (Å²) in [5, 5.41) is 1.99. The zero-order valence-corrected chi connectivity index (χ0v) is 7.84. The highest BCUT2D eigenvalue weighted by Crippen LogP contribution is 2.26. The minimum absolute atomic E-state index is 0.663. The van der Waals surface area contributed by atoms with Crippen molar-refractivity contribution in [2.75, 3.05) is 14.2 Å². The fourth-order valence-electron chi connectivity index (χ4n) is 1.76. The standard InChI is InChI=1S/C9H19NO/c1-8-4-6-9(7-5-8)10(2)11-3/h8-9H,4-7H2,1-3H3. The van der Waals surface area contributed by atoms with Gasteiger partial charge in [0.1, 0.15) is 0 Å². The quantitative estimate of drug-likeness (QED) is 0.569. The molecule has 0 aromatic carbocycles. The summed E-state index contributed by atoms with van der Waals surface area (Å²) in [7, 11) is 3.78. The van der Waals surface area contributed by atoms with E-state index in [1.165, 1.54) is 25.7 Å². The van der Waals surface area contributed by atoms with Crippen molar-refractivity contribution in [1.29, 1.82) is 0 Å². The Balaban J connectivity index is 2.27. The zero-order valence-electron chi connectivity index (χ0n) is 7.84. The molecule has 0 spiro atoms. The first-order chi connectivity index (χ1) is 5.24. The maximum absolute atomic E-state index is 5.16. The van der Waals surface area contributed by atoms with E-state index in [1.54, 1.807) is 7.11 Å². The van der Waals surface area contributed by atoms with Crippen LogP contribution in [0.5, 0.6) is 0 Å². The van der Waals surface area contributed by atoms with Crippen LogP contribution >= 0.6 is 0 Å². The van der Waals surface area contributed by atoms with Crippen LogP contribution in [0.4, 0.5) is 0 Å². The second-order valence-corrected chi connectivity index (χ2v) is 3.64. The predicted octanol–water partition coefficient (Wildman–Crippen LogP) is 2.06. The summed E-state index contributed by atoms with van der Waals surface area (Å²) < 4.78 is 0. The summed E-state index contributed by atoms with van der Waals surface area (Å²) in [4.78, 5) is 5.16. The number of rotatable bonds is 2. The summed E-state index contributed by atoms with van der Waals surface area (Å²) in [5.41, 5.74) is 0. The van der Waals surface area contributed by atoms with Crippen LogP contribution < -0.4 is 0 Å². The van der Waals surface area contributed by atoms with Crippen molar-refractivity contribution in [2.24, 2.45) is 5.92 Å². The molecule has 2 heteroatoms. The lowest BCUT2D eigenvalue weighted by molar-refractivity contribution is -0.149. The largest absolute Gasteiger partial charge is 0.302 e. The lowest BCUT2D eigenvalue weighted by atomic mass is 9.87. The van der Waals surface area contributed by atoms with E-state index in [1.807, 2.05) is 12.1 Å². The van der Waals surface area contributed by atoms with Crippen LogP contribution in [-0.2, 0) is 4.84 Å². The monoisotopic (exact) mass is 157 g/mol. The van der Waals surface area contributed by atoms with Crippen molar-refractivity contribution in [3.8, 4) is 0 Å². The molecule has 2 nitrogen and oxygen atoms in total. The fraction of sp³-hybridized carbons (Fsp3) is 1.00. The van der Waals surface area contributed by atoms with E-state index in [2.05, 4.69) is 6.92 Å². The molecular formula is C9H19NO. The maximum atomic E-state index is 5.16. The van der Waals surface area contributed by atoms with Gasteiger partial charge in [0.15, 0.2) is 0 Å². The molecule has 11 heavy (non-hydrogen) atoms. The number of hydrogen-bond donors (Lipinski definition) is 0. The molecule has 0 bridgehead atoms. The average molecular weight is 157 g/mol. The third kappa shape index (κ3) is 2.46. The molecule has 1 aliphatic carbocycles. The molecule has 1 rings (SSSR count). The molecular weight excluding hydrogens is 138 g/mol. The summed E-state index contributed by atoms with van der Waals surface area (Å²) in [5.74, 6) is 0.927. The number of nitrogens with zero attached hydrogens (tertiary/aromatic N) is 1. The Morgan fingerprint density at radius 1 is 1.18 bits per heavy atom. The normalized spacial score (nSPS) is 32.7. The molecule has 0 aromatic heterocycles. The molecule has 0 aromatic rings. The van der Waals surface area contributed by atoms with Crippen LogP contribution in [0.3, 0.4) is 0 Å². The second-order valence-electron chi connectivity index (χ2n) is 3.64. The van der Waals surface area contributed by atoms with Gasteiger partial charge in [0, 0.05) is 13.1 Å². The van der Waals surface area contributed by atoms with E-state index in [0.717, 1.165) is 5.92 Å². The van der Waals surface area contributed by atoms with Crippen molar-refractivity contribution in [3.63, 3.8) is 0 Å². The van der Waals surface area contributed by atoms with Crippen LogP contribution in [0.25, 0.3) is 0 Å². The maximum Gasteiger partial charge on any atom is 0.0575 e. The van der Waals surface area contributed by atoms with E-state index >= 15 is 0 Å². The highest BCUT2D eigenvalue weighted by Gasteiger charge is 2.21. The van der Waals surface area contributed by atoms with Crippen LogP contribution in [-0.4, -0.2) is 25.3 Å². The highest BCUT2D eigenvalue weighted by molar-refractivity contribution is 4.73. The van der Waals surface area contributed by atoms with E-state index in [-0.39, 0.29) is 0 Å². The Morgan fingerprint density at radius 2 is 1.73 bits per heavy atom. The topological polar surface area (TPSA) is 12.5 Å². The van der Waals surface area contributed by atoms with E-state index in [9.17, 15) is 0 Å². The molecule has 0 unspecified atom stereocenters. The SMILES string of the molecule is CON(C)C1CCC(C)CC1. The highest BCUT2D eigenvalue weighted by atomic mass is 16.7. The Hall–Kier alpha value is -0.0800. The molecule has 0 heterocycles. The molecule has 0 amide bonds. The van der Waals surface area contributed by atoms with Gasteiger partial charge in [0.2, 0.25) is 0 Å². The third-order valence-corrected chi connectivity index (χ3v) is 2.79. The first kappa shape index (κ1) is 9.01. The first-order valence-electron chi connectivity index (χ1n) is 4.51. The van der Waals surface area contributed by atoms with Gasteiger partial charge in [0.05, 0.1) is 7.11 Å². The van der Waals surface area contributed by atoms with Crippen LogP contribution in [0.1, 0.15) is 32.6 Å². The smallest absolute Gasteiger partial charge is 0.0575 e. The summed E-state index contributed by atoms with van der Waals surface area (Å²) in [6, 6.07) is 0.663. The van der Waals surface area contributed by atoms with Gasteiger partial charge in [-0.3, -0.25) is 0 Å². The molecule has 0 radical (unpaired) electrons. The Morgan fingerprint density at radius 3 is 2.18 bits per heavy atom. The summed E-state index contributed by atoms with van der Waals surface area (Å²) >= 11 is 0. The van der Waals surface area contributed by atoms with Crippen molar-refractivity contribution in [2.45, 2.75) is 38.6 Å². The van der Waals surface area contributed by atoms with Gasteiger partial charge < -0.3 is 4.84 Å². The van der Waals surface area contributed by atoms with Gasteiger partial charge in [-0.2, -0.15) is 5.06 Å². The third-order valence-electron chi connectivity index (χ3n) is 2.79. The van der Waals surface area contributed by atoms with Gasteiger partial charge >= 0.3 is 0 Å². The zero-order chi connectivity index (χ0) is 8.27. The van der Waals surface area contributed by atoms with E-state index in [0.29, 0.717) is 6.04 Å². The summed E-state index contributed by atoms with van der Waals surface area (Å²) in [6.07, 6.45) is 5.31. The molecule has 0 saturated heterocycles. The molecule has 1 saturated carbocycles. The minimum atomic E-state index is 0.663. The molecule has 0 N–H and O–H groups in total. The minimum Gasteiger partial charge on any atom is -0.302 e. The van der Waals surface area contributed by atoms with Crippen molar-refractivity contribution >= 4 is 0 Å². The van der Waals surface area contributed by atoms with Crippen LogP contribution in [0.15, 0.2) is 0 Å². The van der Waals surface area contributed by atoms with E-state index in [4.69, 9.17) is 4.84 Å². The van der Waals surface area contributed by atoms with Crippen molar-refractivity contribution < 1.29 is 4.84 Å². The summed E-state index contributed by atoms with van der Waals surface area (Å²) in [6.45, 7) is 2.34. The van der Waals surface area contributed by atoms with Gasteiger partial charge in [0.25, 0.3) is 0 Å². The fourth-order valence-corrected chi connectivity index (χ4v) is 1.76. The average Bonchev–Trinajstić information content (AvgIpc) is 2.05.